The Morgan fingerprint density at radius 2 is 2.00 bits per heavy atom. The van der Waals surface area contributed by atoms with Gasteiger partial charge in [-0.1, -0.05) is 12.1 Å². The van der Waals surface area contributed by atoms with E-state index in [9.17, 15) is 9.18 Å². The zero-order valence-electron chi connectivity index (χ0n) is 14.1. The van der Waals surface area contributed by atoms with Crippen LogP contribution in [0.2, 0.25) is 0 Å². The Balaban J connectivity index is 1.84. The summed E-state index contributed by atoms with van der Waals surface area (Å²) >= 11 is 0. The lowest BCUT2D eigenvalue weighted by Crippen LogP contribution is -2.23. The van der Waals surface area contributed by atoms with Crippen LogP contribution in [-0.4, -0.2) is 38.7 Å². The van der Waals surface area contributed by atoms with Crippen molar-refractivity contribution in [2.24, 2.45) is 0 Å². The van der Waals surface area contributed by atoms with Crippen LogP contribution in [0, 0.1) is 5.82 Å². The molecule has 1 amide bonds. The van der Waals surface area contributed by atoms with Crippen LogP contribution in [0.25, 0.3) is 11.0 Å². The van der Waals surface area contributed by atoms with Gasteiger partial charge in [0.1, 0.15) is 24.5 Å². The van der Waals surface area contributed by atoms with Crippen LogP contribution in [-0.2, 0) is 11.3 Å². The normalized spacial score (nSPS) is 10.8. The molecule has 0 radical (unpaired) electrons. The number of carbonyl (C=O) groups is 1. The molecule has 0 aliphatic rings. The first-order chi connectivity index (χ1) is 12.1. The summed E-state index contributed by atoms with van der Waals surface area (Å²) in [4.78, 5) is 22.9. The van der Waals surface area contributed by atoms with E-state index in [2.05, 4.69) is 25.3 Å². The second-order valence-electron chi connectivity index (χ2n) is 5.44. The zero-order valence-corrected chi connectivity index (χ0v) is 14.1. The molecule has 1 N–H and O–H groups in total. The second-order valence-corrected chi connectivity index (χ2v) is 5.44. The molecule has 0 spiro atoms. The number of halogens is 1. The number of para-hydroxylation sites is 1. The van der Waals surface area contributed by atoms with E-state index in [4.69, 9.17) is 0 Å². The number of carbonyl (C=O) groups excluding carboxylic acids is 1. The Kier molecular flexibility index (Phi) is 4.87. The third-order valence-electron chi connectivity index (χ3n) is 3.92. The fourth-order valence-corrected chi connectivity index (χ4v) is 2.66. The minimum absolute atomic E-state index is 0.0630. The molecule has 130 valence electrons. The van der Waals surface area contributed by atoms with Gasteiger partial charge in [0.05, 0.1) is 17.3 Å². The summed E-state index contributed by atoms with van der Waals surface area (Å²) in [7, 11) is 0. The molecular weight excluding hydrogens is 323 g/mol. The van der Waals surface area contributed by atoms with Crippen LogP contribution in [0.1, 0.15) is 13.8 Å². The molecule has 8 heteroatoms. The van der Waals surface area contributed by atoms with Gasteiger partial charge >= 0.3 is 0 Å². The van der Waals surface area contributed by atoms with Crippen molar-refractivity contribution in [2.75, 3.05) is 23.3 Å². The average Bonchev–Trinajstić information content (AvgIpc) is 3.02. The van der Waals surface area contributed by atoms with Gasteiger partial charge in [0.25, 0.3) is 0 Å². The van der Waals surface area contributed by atoms with Crippen molar-refractivity contribution in [1.82, 2.24) is 19.7 Å². The fourth-order valence-electron chi connectivity index (χ4n) is 2.66. The summed E-state index contributed by atoms with van der Waals surface area (Å²) in [6, 6.07) is 6.03. The summed E-state index contributed by atoms with van der Waals surface area (Å²) in [5, 5.41) is 7.57. The van der Waals surface area contributed by atoms with Crippen LogP contribution in [0.5, 0.6) is 0 Å². The average molecular weight is 342 g/mol. The summed E-state index contributed by atoms with van der Waals surface area (Å²) in [6.07, 6.45) is 3.11. The van der Waals surface area contributed by atoms with E-state index in [1.165, 1.54) is 23.1 Å². The Morgan fingerprint density at radius 1 is 1.24 bits per heavy atom. The Labute approximate surface area is 144 Å². The maximum atomic E-state index is 13.6. The van der Waals surface area contributed by atoms with Gasteiger partial charge in [-0.25, -0.2) is 19.0 Å². The lowest BCUT2D eigenvalue weighted by molar-refractivity contribution is -0.116. The molecule has 3 rings (SSSR count). The van der Waals surface area contributed by atoms with Crippen molar-refractivity contribution in [1.29, 1.82) is 0 Å². The maximum absolute atomic E-state index is 13.6. The molecular formula is C17H19FN6O. The van der Waals surface area contributed by atoms with Gasteiger partial charge in [-0.15, -0.1) is 0 Å². The number of amides is 1. The molecule has 0 aliphatic heterocycles. The summed E-state index contributed by atoms with van der Waals surface area (Å²) in [6.45, 7) is 5.64. The van der Waals surface area contributed by atoms with Crippen molar-refractivity contribution in [3.63, 3.8) is 0 Å². The first-order valence-electron chi connectivity index (χ1n) is 8.09. The Morgan fingerprint density at radius 3 is 2.72 bits per heavy atom. The van der Waals surface area contributed by atoms with E-state index in [1.807, 2.05) is 13.8 Å². The standard InChI is InChI=1S/C17H19FN6O/c1-3-23(4-2)16-12-9-21-24(17(12)20-11-19-16)10-15(25)22-14-8-6-5-7-13(14)18/h5-9,11H,3-4,10H2,1-2H3,(H,22,25). The number of benzene rings is 1. The van der Waals surface area contributed by atoms with E-state index in [1.54, 1.807) is 18.3 Å². The topological polar surface area (TPSA) is 75.9 Å². The lowest BCUT2D eigenvalue weighted by Gasteiger charge is -2.19. The monoisotopic (exact) mass is 342 g/mol. The molecule has 3 aromatic rings. The first-order valence-corrected chi connectivity index (χ1v) is 8.09. The van der Waals surface area contributed by atoms with Gasteiger partial charge in [-0.2, -0.15) is 5.10 Å². The number of hydrogen-bond donors (Lipinski definition) is 1. The number of anilines is 2. The second kappa shape index (κ2) is 7.25. The third-order valence-corrected chi connectivity index (χ3v) is 3.92. The highest BCUT2D eigenvalue weighted by atomic mass is 19.1. The van der Waals surface area contributed by atoms with E-state index in [-0.39, 0.29) is 18.1 Å². The minimum Gasteiger partial charge on any atom is -0.356 e. The highest BCUT2D eigenvalue weighted by molar-refractivity contribution is 5.92. The molecule has 0 saturated heterocycles. The highest BCUT2D eigenvalue weighted by Gasteiger charge is 2.15. The van der Waals surface area contributed by atoms with Gasteiger partial charge < -0.3 is 10.2 Å². The van der Waals surface area contributed by atoms with E-state index < -0.39 is 5.82 Å². The Hall–Kier alpha value is -3.03. The predicted molar refractivity (Wildman–Crippen MR) is 93.9 cm³/mol. The molecule has 2 aromatic heterocycles. The van der Waals surface area contributed by atoms with Crippen molar-refractivity contribution in [2.45, 2.75) is 20.4 Å². The fraction of sp³-hybridized carbons (Fsp3) is 0.294. The largest absolute Gasteiger partial charge is 0.356 e. The van der Waals surface area contributed by atoms with Gasteiger partial charge in [-0.3, -0.25) is 4.79 Å². The smallest absolute Gasteiger partial charge is 0.246 e. The number of fused-ring (bicyclic) bond motifs is 1. The van der Waals surface area contributed by atoms with Crippen LogP contribution in [0.15, 0.2) is 36.8 Å². The maximum Gasteiger partial charge on any atom is 0.246 e. The van der Waals surface area contributed by atoms with Gasteiger partial charge in [-0.05, 0) is 26.0 Å². The number of rotatable bonds is 6. The van der Waals surface area contributed by atoms with Crippen LogP contribution in [0.4, 0.5) is 15.9 Å². The van der Waals surface area contributed by atoms with E-state index in [0.717, 1.165) is 24.3 Å². The van der Waals surface area contributed by atoms with Crippen molar-refractivity contribution in [3.8, 4) is 0 Å². The first kappa shape index (κ1) is 16.8. The number of nitrogens with zero attached hydrogens (tertiary/aromatic N) is 5. The molecule has 0 fully saturated rings. The summed E-state index contributed by atoms with van der Waals surface area (Å²) in [5.41, 5.74) is 0.711. The number of aromatic nitrogens is 4. The molecule has 0 unspecified atom stereocenters. The van der Waals surface area contributed by atoms with Crippen LogP contribution < -0.4 is 10.2 Å². The van der Waals surface area contributed by atoms with E-state index >= 15 is 0 Å². The zero-order chi connectivity index (χ0) is 17.8. The van der Waals surface area contributed by atoms with Gasteiger partial charge in [0, 0.05) is 13.1 Å². The van der Waals surface area contributed by atoms with E-state index in [0.29, 0.717) is 5.65 Å². The molecule has 0 aliphatic carbocycles. The molecule has 1 aromatic carbocycles. The summed E-state index contributed by atoms with van der Waals surface area (Å²) in [5.74, 6) is -0.0684. The lowest BCUT2D eigenvalue weighted by atomic mass is 10.3. The molecule has 7 nitrogen and oxygen atoms in total. The SMILES string of the molecule is CCN(CC)c1ncnc2c1cnn2CC(=O)Nc1ccccc1F. The van der Waals surface area contributed by atoms with Crippen LogP contribution in [0.3, 0.4) is 0 Å². The quantitative estimate of drug-likeness (QED) is 0.745. The van der Waals surface area contributed by atoms with Crippen molar-refractivity contribution in [3.05, 3.63) is 42.6 Å². The molecule has 25 heavy (non-hydrogen) atoms. The minimum atomic E-state index is -0.479. The third kappa shape index (κ3) is 3.42. The molecule has 2 heterocycles. The molecule has 0 saturated carbocycles. The van der Waals surface area contributed by atoms with Gasteiger partial charge in [0.2, 0.25) is 5.91 Å². The molecule has 0 atom stereocenters. The Bertz CT molecular complexity index is 890. The van der Waals surface area contributed by atoms with Crippen molar-refractivity contribution < 1.29 is 9.18 Å². The van der Waals surface area contributed by atoms with Gasteiger partial charge in [0.15, 0.2) is 5.65 Å². The number of nitrogens with one attached hydrogen (secondary N) is 1. The number of hydrogen-bond acceptors (Lipinski definition) is 5. The van der Waals surface area contributed by atoms with Crippen molar-refractivity contribution >= 4 is 28.4 Å². The molecule has 0 bridgehead atoms. The van der Waals surface area contributed by atoms with Crippen LogP contribution >= 0.6 is 0 Å². The highest BCUT2D eigenvalue weighted by Crippen LogP contribution is 2.22. The predicted octanol–water partition coefficient (Wildman–Crippen LogP) is 2.45. The summed E-state index contributed by atoms with van der Waals surface area (Å²) < 4.78 is 15.1.